The molecule has 0 unspecified atom stereocenters. The van der Waals surface area contributed by atoms with Gasteiger partial charge in [-0.1, -0.05) is 12.1 Å². The third-order valence-electron chi connectivity index (χ3n) is 4.23. The molecule has 0 saturated carbocycles. The molecule has 0 bridgehead atoms. The first-order chi connectivity index (χ1) is 14.0. The third-order valence-corrected chi connectivity index (χ3v) is 4.23. The molecule has 0 spiro atoms. The van der Waals surface area contributed by atoms with Crippen molar-refractivity contribution in [2.75, 3.05) is 21.3 Å². The van der Waals surface area contributed by atoms with Crippen molar-refractivity contribution in [2.24, 2.45) is 0 Å². The fraction of sp³-hybridized carbons (Fsp3) is 0.182. The van der Waals surface area contributed by atoms with Gasteiger partial charge in [-0.25, -0.2) is 9.59 Å². The van der Waals surface area contributed by atoms with E-state index < -0.39 is 11.6 Å². The summed E-state index contributed by atoms with van der Waals surface area (Å²) in [6, 6.07) is 11.7. The lowest BCUT2D eigenvalue weighted by Gasteiger charge is -2.11. The highest BCUT2D eigenvalue weighted by Crippen LogP contribution is 2.33. The van der Waals surface area contributed by atoms with Gasteiger partial charge in [0.05, 0.1) is 21.3 Å². The van der Waals surface area contributed by atoms with Crippen LogP contribution in [0.25, 0.3) is 17.0 Å². The number of esters is 1. The molecule has 3 aromatic rings. The predicted molar refractivity (Wildman–Crippen MR) is 107 cm³/mol. The van der Waals surface area contributed by atoms with Gasteiger partial charge in [0.1, 0.15) is 17.9 Å². The zero-order valence-corrected chi connectivity index (χ0v) is 16.3. The standard InChI is InChI=1S/C22H20O7/c1-25-16-7-4-14(5-8-16)6-9-21(23)28-13-15-10-22(24)29-18-12-20(27-3)19(26-2)11-17(15)18/h4-12H,13H2,1-3H3. The van der Waals surface area contributed by atoms with E-state index in [0.717, 1.165) is 11.3 Å². The Morgan fingerprint density at radius 3 is 2.31 bits per heavy atom. The predicted octanol–water partition coefficient (Wildman–Crippen LogP) is 3.58. The van der Waals surface area contributed by atoms with Gasteiger partial charge in [0, 0.05) is 29.2 Å². The Morgan fingerprint density at radius 1 is 0.966 bits per heavy atom. The fourth-order valence-corrected chi connectivity index (χ4v) is 2.75. The van der Waals surface area contributed by atoms with Gasteiger partial charge in [0.15, 0.2) is 11.5 Å². The molecule has 0 atom stereocenters. The first-order valence-corrected chi connectivity index (χ1v) is 8.71. The van der Waals surface area contributed by atoms with Crippen molar-refractivity contribution in [3.05, 3.63) is 70.1 Å². The monoisotopic (exact) mass is 396 g/mol. The topological polar surface area (TPSA) is 84.2 Å². The molecule has 7 heteroatoms. The SMILES string of the molecule is COc1ccc(C=CC(=O)OCc2cc(=O)oc3cc(OC)c(OC)cc23)cc1. The van der Waals surface area contributed by atoms with Crippen LogP contribution in [0.15, 0.2) is 57.8 Å². The van der Waals surface area contributed by atoms with Crippen molar-refractivity contribution in [1.82, 2.24) is 0 Å². The summed E-state index contributed by atoms with van der Waals surface area (Å²) in [5, 5.41) is 0.592. The molecule has 29 heavy (non-hydrogen) atoms. The van der Waals surface area contributed by atoms with E-state index in [1.54, 1.807) is 37.5 Å². The fourth-order valence-electron chi connectivity index (χ4n) is 2.75. The van der Waals surface area contributed by atoms with E-state index in [4.69, 9.17) is 23.4 Å². The Balaban J connectivity index is 1.77. The molecule has 0 aliphatic heterocycles. The molecular weight excluding hydrogens is 376 g/mol. The maximum Gasteiger partial charge on any atom is 0.336 e. The summed E-state index contributed by atoms with van der Waals surface area (Å²) in [6.45, 7) is -0.0939. The Hall–Kier alpha value is -3.74. The minimum Gasteiger partial charge on any atom is -0.497 e. The summed E-state index contributed by atoms with van der Waals surface area (Å²) in [5.41, 5.74) is 1.09. The van der Waals surface area contributed by atoms with E-state index in [-0.39, 0.29) is 6.61 Å². The first-order valence-electron chi connectivity index (χ1n) is 8.71. The van der Waals surface area contributed by atoms with E-state index in [0.29, 0.717) is 28.0 Å². The maximum absolute atomic E-state index is 12.1. The van der Waals surface area contributed by atoms with Gasteiger partial charge < -0.3 is 23.4 Å². The average Bonchev–Trinajstić information content (AvgIpc) is 2.75. The van der Waals surface area contributed by atoms with E-state index in [9.17, 15) is 9.59 Å². The normalized spacial score (nSPS) is 10.9. The molecule has 150 valence electrons. The molecule has 0 amide bonds. The number of rotatable bonds is 7. The molecule has 0 N–H and O–H groups in total. The zero-order chi connectivity index (χ0) is 20.8. The maximum atomic E-state index is 12.1. The third kappa shape index (κ3) is 4.76. The molecule has 2 aromatic carbocycles. The van der Waals surface area contributed by atoms with Gasteiger partial charge in [0.2, 0.25) is 0 Å². The van der Waals surface area contributed by atoms with E-state index in [2.05, 4.69) is 0 Å². The summed E-state index contributed by atoms with van der Waals surface area (Å²) in [6.07, 6.45) is 2.95. The van der Waals surface area contributed by atoms with E-state index >= 15 is 0 Å². The first kappa shape index (κ1) is 20.0. The van der Waals surface area contributed by atoms with Gasteiger partial charge in [-0.3, -0.25) is 0 Å². The number of carbonyl (C=O) groups is 1. The lowest BCUT2D eigenvalue weighted by molar-refractivity contribution is -0.138. The summed E-state index contributed by atoms with van der Waals surface area (Å²) in [5.74, 6) is 1.09. The Morgan fingerprint density at radius 2 is 1.66 bits per heavy atom. The number of carbonyl (C=O) groups excluding carboxylic acids is 1. The molecule has 0 radical (unpaired) electrons. The van der Waals surface area contributed by atoms with Gasteiger partial charge in [-0.2, -0.15) is 0 Å². The van der Waals surface area contributed by atoms with Crippen LogP contribution in [0.4, 0.5) is 0 Å². The number of hydrogen-bond acceptors (Lipinski definition) is 7. The largest absolute Gasteiger partial charge is 0.497 e. The number of hydrogen-bond donors (Lipinski definition) is 0. The van der Waals surface area contributed by atoms with Crippen molar-refractivity contribution >= 4 is 23.0 Å². The van der Waals surface area contributed by atoms with Crippen LogP contribution in [0.1, 0.15) is 11.1 Å². The van der Waals surface area contributed by atoms with Gasteiger partial charge >= 0.3 is 11.6 Å². The summed E-state index contributed by atoms with van der Waals surface area (Å²) in [4.78, 5) is 23.9. The van der Waals surface area contributed by atoms with Crippen LogP contribution in [-0.4, -0.2) is 27.3 Å². The summed E-state index contributed by atoms with van der Waals surface area (Å²) >= 11 is 0. The van der Waals surface area contributed by atoms with Crippen LogP contribution in [0.3, 0.4) is 0 Å². The van der Waals surface area contributed by atoms with E-state index in [1.165, 1.54) is 26.4 Å². The second-order valence-electron chi connectivity index (χ2n) is 6.01. The number of ether oxygens (including phenoxy) is 4. The van der Waals surface area contributed by atoms with Crippen LogP contribution in [-0.2, 0) is 16.1 Å². The lowest BCUT2D eigenvalue weighted by Crippen LogP contribution is -2.06. The molecule has 0 fully saturated rings. The van der Waals surface area contributed by atoms with Crippen molar-refractivity contribution in [1.29, 1.82) is 0 Å². The number of methoxy groups -OCH3 is 3. The molecule has 1 heterocycles. The van der Waals surface area contributed by atoms with Crippen LogP contribution in [0, 0.1) is 0 Å². The van der Waals surface area contributed by atoms with Crippen molar-refractivity contribution < 1.29 is 28.2 Å². The minimum absolute atomic E-state index is 0.0939. The second-order valence-corrected chi connectivity index (χ2v) is 6.01. The second kappa shape index (κ2) is 8.97. The van der Waals surface area contributed by atoms with Crippen LogP contribution in [0.2, 0.25) is 0 Å². The summed E-state index contributed by atoms with van der Waals surface area (Å²) < 4.78 is 26.1. The van der Waals surface area contributed by atoms with Crippen molar-refractivity contribution in [2.45, 2.75) is 6.61 Å². The molecule has 3 rings (SSSR count). The van der Waals surface area contributed by atoms with Crippen LogP contribution < -0.4 is 19.8 Å². The van der Waals surface area contributed by atoms with Crippen LogP contribution in [0.5, 0.6) is 17.2 Å². The van der Waals surface area contributed by atoms with E-state index in [1.807, 2.05) is 12.1 Å². The summed E-state index contributed by atoms with van der Waals surface area (Å²) in [7, 11) is 4.58. The van der Waals surface area contributed by atoms with Gasteiger partial charge in [0.25, 0.3) is 0 Å². The smallest absolute Gasteiger partial charge is 0.336 e. The molecule has 0 aliphatic carbocycles. The minimum atomic E-state index is -0.551. The highest BCUT2D eigenvalue weighted by atomic mass is 16.5. The molecule has 7 nitrogen and oxygen atoms in total. The highest BCUT2D eigenvalue weighted by Gasteiger charge is 2.13. The van der Waals surface area contributed by atoms with Crippen LogP contribution >= 0.6 is 0 Å². The quantitative estimate of drug-likeness (QED) is 0.343. The van der Waals surface area contributed by atoms with Gasteiger partial charge in [-0.05, 0) is 29.8 Å². The highest BCUT2D eigenvalue weighted by molar-refractivity contribution is 5.88. The number of fused-ring (bicyclic) bond motifs is 1. The Kier molecular flexibility index (Phi) is 6.19. The number of benzene rings is 2. The molecule has 1 aromatic heterocycles. The Labute approximate surface area is 167 Å². The van der Waals surface area contributed by atoms with Gasteiger partial charge in [-0.15, -0.1) is 0 Å². The Bertz CT molecular complexity index is 1090. The molecule has 0 aliphatic rings. The zero-order valence-electron chi connectivity index (χ0n) is 16.3. The average molecular weight is 396 g/mol. The van der Waals surface area contributed by atoms with Crippen molar-refractivity contribution in [3.63, 3.8) is 0 Å². The molecular formula is C22H20O7. The molecule has 0 saturated heterocycles. The van der Waals surface area contributed by atoms with Crippen molar-refractivity contribution in [3.8, 4) is 17.2 Å². The lowest BCUT2D eigenvalue weighted by atomic mass is 10.1.